The molecule has 1 atom stereocenters. The van der Waals surface area contributed by atoms with E-state index in [4.69, 9.17) is 4.74 Å². The van der Waals surface area contributed by atoms with E-state index in [0.717, 1.165) is 10.7 Å². The Morgan fingerprint density at radius 3 is 2.88 bits per heavy atom. The van der Waals surface area contributed by atoms with E-state index in [1.54, 1.807) is 11.3 Å². The Balaban J connectivity index is 2.05. The molecule has 1 aliphatic rings. The molecule has 0 aromatic carbocycles. The van der Waals surface area contributed by atoms with Gasteiger partial charge in [0.15, 0.2) is 0 Å². The average molecular weight is 254 g/mol. The molecule has 2 heterocycles. The molecule has 5 heteroatoms. The summed E-state index contributed by atoms with van der Waals surface area (Å²) in [6.45, 7) is 8.35. The van der Waals surface area contributed by atoms with E-state index in [9.17, 15) is 4.79 Å². The van der Waals surface area contributed by atoms with Gasteiger partial charge in [-0.3, -0.25) is 10.1 Å². The Kier molecular flexibility index (Phi) is 3.23. The van der Waals surface area contributed by atoms with E-state index >= 15 is 0 Å². The first-order valence-electron chi connectivity index (χ1n) is 5.76. The van der Waals surface area contributed by atoms with Gasteiger partial charge in [0.25, 0.3) is 0 Å². The third-order valence-corrected chi connectivity index (χ3v) is 3.50. The van der Waals surface area contributed by atoms with Gasteiger partial charge in [-0.15, -0.1) is 11.3 Å². The number of fused-ring (bicyclic) bond motifs is 1. The quantitative estimate of drug-likeness (QED) is 0.777. The van der Waals surface area contributed by atoms with Crippen molar-refractivity contribution in [2.24, 2.45) is 0 Å². The van der Waals surface area contributed by atoms with E-state index in [-0.39, 0.29) is 12.0 Å². The van der Waals surface area contributed by atoms with Gasteiger partial charge in [0.1, 0.15) is 11.6 Å². The van der Waals surface area contributed by atoms with Crippen molar-refractivity contribution in [3.8, 4) is 0 Å². The zero-order valence-electron chi connectivity index (χ0n) is 10.7. The summed E-state index contributed by atoms with van der Waals surface area (Å²) in [5.74, 6) is -0.186. The Hall–Kier alpha value is -0.940. The van der Waals surface area contributed by atoms with Crippen LogP contribution in [0.3, 0.4) is 0 Å². The molecule has 1 N–H and O–H groups in total. The van der Waals surface area contributed by atoms with Crippen molar-refractivity contribution in [3.63, 3.8) is 0 Å². The summed E-state index contributed by atoms with van der Waals surface area (Å²) in [6, 6.07) is -0.261. The number of nitrogens with one attached hydrogen (secondary N) is 1. The van der Waals surface area contributed by atoms with Crippen LogP contribution in [0.5, 0.6) is 0 Å². The van der Waals surface area contributed by atoms with Gasteiger partial charge < -0.3 is 4.74 Å². The van der Waals surface area contributed by atoms with Gasteiger partial charge >= 0.3 is 5.97 Å². The molecule has 1 aromatic heterocycles. The first-order valence-corrected chi connectivity index (χ1v) is 6.58. The number of carbonyl (C=O) groups excluding carboxylic acids is 1. The highest BCUT2D eigenvalue weighted by Crippen LogP contribution is 2.23. The zero-order chi connectivity index (χ0) is 12.6. The monoisotopic (exact) mass is 254 g/mol. The minimum absolute atomic E-state index is 0.186. The number of carbonyl (C=O) groups is 1. The van der Waals surface area contributed by atoms with Crippen LogP contribution in [0, 0.1) is 6.92 Å². The molecule has 2 rings (SSSR count). The maximum Gasteiger partial charge on any atom is 0.324 e. The summed E-state index contributed by atoms with van der Waals surface area (Å²) < 4.78 is 5.37. The highest BCUT2D eigenvalue weighted by molar-refractivity contribution is 7.11. The summed E-state index contributed by atoms with van der Waals surface area (Å²) in [5.41, 5.74) is 0.610. The smallest absolute Gasteiger partial charge is 0.324 e. The molecule has 4 nitrogen and oxygen atoms in total. The third kappa shape index (κ3) is 3.04. The molecule has 17 heavy (non-hydrogen) atoms. The predicted molar refractivity (Wildman–Crippen MR) is 67.0 cm³/mol. The van der Waals surface area contributed by atoms with Crippen molar-refractivity contribution in [2.45, 2.75) is 52.3 Å². The van der Waals surface area contributed by atoms with E-state index < -0.39 is 5.60 Å². The van der Waals surface area contributed by atoms with E-state index in [0.29, 0.717) is 13.0 Å². The van der Waals surface area contributed by atoms with Crippen LogP contribution in [0.15, 0.2) is 0 Å². The second kappa shape index (κ2) is 4.38. The second-order valence-corrected chi connectivity index (χ2v) is 6.56. The lowest BCUT2D eigenvalue weighted by Gasteiger charge is -2.26. The summed E-state index contributed by atoms with van der Waals surface area (Å²) in [7, 11) is 0. The maximum absolute atomic E-state index is 11.9. The molecular weight excluding hydrogens is 236 g/mol. The fourth-order valence-electron chi connectivity index (χ4n) is 1.83. The van der Waals surface area contributed by atoms with E-state index in [1.165, 1.54) is 4.88 Å². The number of rotatable bonds is 1. The van der Waals surface area contributed by atoms with Crippen LogP contribution in [0.4, 0.5) is 0 Å². The van der Waals surface area contributed by atoms with E-state index in [1.807, 2.05) is 27.7 Å². The van der Waals surface area contributed by atoms with Gasteiger partial charge in [0.05, 0.1) is 10.7 Å². The Morgan fingerprint density at radius 1 is 1.53 bits per heavy atom. The SMILES string of the molecule is Cc1nc2c(s1)CNC(C(=O)OC(C)(C)C)C2. The predicted octanol–water partition coefficient (Wildman–Crippen LogP) is 1.81. The Bertz CT molecular complexity index is 434. The van der Waals surface area contributed by atoms with Gasteiger partial charge in [-0.2, -0.15) is 0 Å². The number of nitrogens with zero attached hydrogens (tertiary/aromatic N) is 1. The number of hydrogen-bond acceptors (Lipinski definition) is 5. The third-order valence-electron chi connectivity index (χ3n) is 2.48. The van der Waals surface area contributed by atoms with Crippen LogP contribution in [-0.2, 0) is 22.5 Å². The first kappa shape index (κ1) is 12.5. The standard InChI is InChI=1S/C12H18N2O2S/c1-7-14-8-5-9(13-6-10(8)17-7)11(15)16-12(2,3)4/h9,13H,5-6H2,1-4H3. The van der Waals surface area contributed by atoms with Gasteiger partial charge in [-0.05, 0) is 27.7 Å². The molecule has 0 amide bonds. The number of thiazole rings is 1. The van der Waals surface area contributed by atoms with Crippen molar-refractivity contribution in [3.05, 3.63) is 15.6 Å². The molecule has 0 saturated carbocycles. The van der Waals surface area contributed by atoms with Crippen LogP contribution >= 0.6 is 11.3 Å². The molecule has 1 aliphatic heterocycles. The summed E-state index contributed by atoms with van der Waals surface area (Å²) in [5, 5.41) is 4.26. The van der Waals surface area contributed by atoms with Crippen molar-refractivity contribution in [2.75, 3.05) is 0 Å². The zero-order valence-corrected chi connectivity index (χ0v) is 11.5. The molecule has 94 valence electrons. The number of hydrogen-bond donors (Lipinski definition) is 1. The molecule has 0 bridgehead atoms. The summed E-state index contributed by atoms with van der Waals surface area (Å²) in [4.78, 5) is 17.6. The fourth-order valence-corrected chi connectivity index (χ4v) is 2.75. The highest BCUT2D eigenvalue weighted by Gasteiger charge is 2.30. The van der Waals surface area contributed by atoms with Crippen LogP contribution in [0.2, 0.25) is 0 Å². The molecule has 1 aromatic rings. The molecule has 0 spiro atoms. The van der Waals surface area contributed by atoms with Crippen LogP contribution in [0.1, 0.15) is 36.3 Å². The molecular formula is C12H18N2O2S. The summed E-state index contributed by atoms with van der Waals surface area (Å²) >= 11 is 1.69. The lowest BCUT2D eigenvalue weighted by atomic mass is 10.1. The Morgan fingerprint density at radius 2 is 2.24 bits per heavy atom. The van der Waals surface area contributed by atoms with E-state index in [2.05, 4.69) is 10.3 Å². The topological polar surface area (TPSA) is 51.2 Å². The molecule has 0 saturated heterocycles. The Labute approximate surface area is 105 Å². The van der Waals surface area contributed by atoms with Crippen molar-refractivity contribution in [1.29, 1.82) is 0 Å². The number of ether oxygens (including phenoxy) is 1. The van der Waals surface area contributed by atoms with Crippen molar-refractivity contribution in [1.82, 2.24) is 10.3 Å². The average Bonchev–Trinajstić information content (AvgIpc) is 2.53. The second-order valence-electron chi connectivity index (χ2n) is 5.27. The lowest BCUT2D eigenvalue weighted by molar-refractivity contribution is -0.157. The van der Waals surface area contributed by atoms with Crippen LogP contribution in [0.25, 0.3) is 0 Å². The van der Waals surface area contributed by atoms with Gasteiger partial charge in [-0.1, -0.05) is 0 Å². The normalized spacial score (nSPS) is 19.9. The molecule has 0 aliphatic carbocycles. The minimum Gasteiger partial charge on any atom is -0.459 e. The number of aromatic nitrogens is 1. The van der Waals surface area contributed by atoms with Gasteiger partial charge in [-0.25, -0.2) is 4.98 Å². The van der Waals surface area contributed by atoms with Gasteiger partial charge in [0, 0.05) is 17.8 Å². The van der Waals surface area contributed by atoms with Crippen molar-refractivity contribution < 1.29 is 9.53 Å². The van der Waals surface area contributed by atoms with Crippen molar-refractivity contribution >= 4 is 17.3 Å². The minimum atomic E-state index is -0.434. The van der Waals surface area contributed by atoms with Crippen LogP contribution in [-0.4, -0.2) is 22.6 Å². The first-order chi connectivity index (χ1) is 7.85. The number of aryl methyl sites for hydroxylation is 1. The highest BCUT2D eigenvalue weighted by atomic mass is 32.1. The van der Waals surface area contributed by atoms with Gasteiger partial charge in [0.2, 0.25) is 0 Å². The van der Waals surface area contributed by atoms with Crippen LogP contribution < -0.4 is 5.32 Å². The summed E-state index contributed by atoms with van der Waals surface area (Å²) in [6.07, 6.45) is 0.634. The molecule has 0 fully saturated rings. The maximum atomic E-state index is 11.9. The number of esters is 1. The lowest BCUT2D eigenvalue weighted by Crippen LogP contribution is -2.44. The fraction of sp³-hybridized carbons (Fsp3) is 0.667. The largest absolute Gasteiger partial charge is 0.459 e. The molecule has 1 unspecified atom stereocenters. The molecule has 0 radical (unpaired) electrons.